The quantitative estimate of drug-likeness (QED) is 0.636. The fourth-order valence-corrected chi connectivity index (χ4v) is 3.91. The molecule has 3 fully saturated rings. The molecule has 0 aromatic carbocycles. The van der Waals surface area contributed by atoms with Gasteiger partial charge in [0, 0.05) is 13.1 Å². The van der Waals surface area contributed by atoms with E-state index in [0.717, 1.165) is 0 Å². The summed E-state index contributed by atoms with van der Waals surface area (Å²) in [5, 5.41) is 0. The minimum Gasteiger partial charge on any atom is -0.318 e. The van der Waals surface area contributed by atoms with Crippen molar-refractivity contribution in [3.8, 4) is 0 Å². The molecule has 3 aliphatic heterocycles. The zero-order valence-electron chi connectivity index (χ0n) is 11.2. The molecule has 0 aromatic heterocycles. The molecule has 3 heterocycles. The second-order valence-corrected chi connectivity index (χ2v) is 5.84. The summed E-state index contributed by atoms with van der Waals surface area (Å²) in [4.78, 5) is 25.0. The third-order valence-corrected chi connectivity index (χ3v) is 4.90. The molecule has 0 unspecified atom stereocenters. The van der Waals surface area contributed by atoms with Gasteiger partial charge in [0.25, 0.3) is 11.8 Å². The molecular formula is C12H12F6N2O2. The van der Waals surface area contributed by atoms with Crippen LogP contribution in [0.1, 0.15) is 25.7 Å². The normalized spacial score (nSPS) is 35.9. The number of hydrogen-bond donors (Lipinski definition) is 0. The van der Waals surface area contributed by atoms with Crippen molar-refractivity contribution in [2.24, 2.45) is 0 Å². The third-order valence-electron chi connectivity index (χ3n) is 4.90. The fraction of sp³-hybridized carbons (Fsp3) is 0.833. The molecule has 124 valence electrons. The van der Waals surface area contributed by atoms with Gasteiger partial charge in [0.1, 0.15) is 0 Å². The Morgan fingerprint density at radius 2 is 1.05 bits per heavy atom. The van der Waals surface area contributed by atoms with E-state index >= 15 is 0 Å². The van der Waals surface area contributed by atoms with Gasteiger partial charge in [-0.05, 0) is 25.7 Å². The number of rotatable bonds is 0. The van der Waals surface area contributed by atoms with E-state index in [4.69, 9.17) is 0 Å². The highest BCUT2D eigenvalue weighted by molar-refractivity contribution is 6.04. The van der Waals surface area contributed by atoms with Crippen molar-refractivity contribution in [1.29, 1.82) is 0 Å². The lowest BCUT2D eigenvalue weighted by atomic mass is 9.82. The first-order valence-corrected chi connectivity index (χ1v) is 6.78. The second-order valence-electron chi connectivity index (χ2n) is 5.84. The van der Waals surface area contributed by atoms with E-state index in [2.05, 4.69) is 0 Å². The summed E-state index contributed by atoms with van der Waals surface area (Å²) < 4.78 is 80.8. The van der Waals surface area contributed by atoms with Crippen LogP contribution in [-0.4, -0.2) is 58.1 Å². The molecule has 0 radical (unpaired) electrons. The van der Waals surface area contributed by atoms with E-state index in [1.165, 1.54) is 0 Å². The Balaban J connectivity index is 2.21. The van der Waals surface area contributed by atoms with Crippen molar-refractivity contribution < 1.29 is 35.9 Å². The lowest BCUT2D eigenvalue weighted by molar-refractivity contribution is -0.268. The van der Waals surface area contributed by atoms with Gasteiger partial charge in [-0.1, -0.05) is 0 Å². The first-order chi connectivity index (χ1) is 10.00. The van der Waals surface area contributed by atoms with Crippen LogP contribution in [0.2, 0.25) is 0 Å². The van der Waals surface area contributed by atoms with Crippen LogP contribution in [-0.2, 0) is 9.59 Å². The molecule has 3 rings (SSSR count). The average Bonchev–Trinajstić information content (AvgIpc) is 3.00. The van der Waals surface area contributed by atoms with Crippen LogP contribution < -0.4 is 0 Å². The number of piperazine rings is 1. The van der Waals surface area contributed by atoms with Crippen LogP contribution in [0.25, 0.3) is 0 Å². The molecule has 3 aliphatic rings. The summed E-state index contributed by atoms with van der Waals surface area (Å²) in [5.41, 5.74) is -6.27. The molecule has 0 aromatic rings. The van der Waals surface area contributed by atoms with E-state index in [1.807, 2.05) is 0 Å². The van der Waals surface area contributed by atoms with Gasteiger partial charge in [-0.25, -0.2) is 0 Å². The van der Waals surface area contributed by atoms with E-state index in [0.29, 0.717) is 0 Å². The van der Waals surface area contributed by atoms with Gasteiger partial charge in [0.2, 0.25) is 11.1 Å². The molecule has 0 aliphatic carbocycles. The molecule has 10 heteroatoms. The Hall–Kier alpha value is -1.48. The Bertz CT molecular complexity index is 497. The molecule has 0 N–H and O–H groups in total. The maximum absolute atomic E-state index is 13.5. The molecule has 22 heavy (non-hydrogen) atoms. The summed E-state index contributed by atoms with van der Waals surface area (Å²) in [6, 6.07) is 0. The largest absolute Gasteiger partial charge is 0.420 e. The fourth-order valence-electron chi connectivity index (χ4n) is 3.91. The summed E-state index contributed by atoms with van der Waals surface area (Å²) in [6.07, 6.45) is -11.9. The zero-order valence-corrected chi connectivity index (χ0v) is 11.2. The van der Waals surface area contributed by atoms with Gasteiger partial charge >= 0.3 is 12.4 Å². The number of nitrogens with zero attached hydrogens (tertiary/aromatic N) is 2. The summed E-state index contributed by atoms with van der Waals surface area (Å²) in [6.45, 7) is -0.981. The van der Waals surface area contributed by atoms with Crippen LogP contribution in [0, 0.1) is 0 Å². The maximum Gasteiger partial charge on any atom is 0.420 e. The first-order valence-electron chi connectivity index (χ1n) is 6.78. The van der Waals surface area contributed by atoms with Crippen LogP contribution in [0.5, 0.6) is 0 Å². The van der Waals surface area contributed by atoms with Crippen molar-refractivity contribution in [3.05, 3.63) is 0 Å². The molecule has 3 saturated heterocycles. The first kappa shape index (κ1) is 15.4. The molecular weight excluding hydrogens is 318 g/mol. The molecule has 0 spiro atoms. The SMILES string of the molecule is O=C1N2CCC[C@@]2(C(F)(F)F)C(=O)N2CCC[C@@]12C(F)(F)F. The number of hydrogen-bond acceptors (Lipinski definition) is 2. The summed E-state index contributed by atoms with van der Waals surface area (Å²) in [7, 11) is 0. The molecule has 4 nitrogen and oxygen atoms in total. The highest BCUT2D eigenvalue weighted by Gasteiger charge is 2.80. The van der Waals surface area contributed by atoms with Gasteiger partial charge in [-0.3, -0.25) is 9.59 Å². The van der Waals surface area contributed by atoms with E-state index in [1.54, 1.807) is 0 Å². The molecule has 0 saturated carbocycles. The predicted molar refractivity (Wildman–Crippen MR) is 59.5 cm³/mol. The number of carbonyl (C=O) groups excluding carboxylic acids is 2. The van der Waals surface area contributed by atoms with E-state index in [9.17, 15) is 35.9 Å². The zero-order chi connectivity index (χ0) is 16.6. The highest BCUT2D eigenvalue weighted by atomic mass is 19.4. The van der Waals surface area contributed by atoms with Crippen molar-refractivity contribution in [2.75, 3.05) is 13.1 Å². The minimum absolute atomic E-state index is 0.116. The van der Waals surface area contributed by atoms with Crippen molar-refractivity contribution in [1.82, 2.24) is 9.80 Å². The molecule has 2 amide bonds. The van der Waals surface area contributed by atoms with Crippen molar-refractivity contribution in [2.45, 2.75) is 49.1 Å². The minimum atomic E-state index is -5.10. The second kappa shape index (κ2) is 4.08. The summed E-state index contributed by atoms with van der Waals surface area (Å²) in [5.74, 6) is -3.29. The molecule has 0 bridgehead atoms. The maximum atomic E-state index is 13.5. The predicted octanol–water partition coefficient (Wildman–Crippen LogP) is 1.85. The van der Waals surface area contributed by atoms with E-state index in [-0.39, 0.29) is 22.6 Å². The Morgan fingerprint density at radius 1 is 0.727 bits per heavy atom. The number of amides is 2. The Morgan fingerprint density at radius 3 is 1.32 bits per heavy atom. The van der Waals surface area contributed by atoms with Gasteiger partial charge in [0.05, 0.1) is 0 Å². The van der Waals surface area contributed by atoms with Gasteiger partial charge in [-0.2, -0.15) is 26.3 Å². The lowest BCUT2D eigenvalue weighted by Gasteiger charge is -2.52. The topological polar surface area (TPSA) is 40.6 Å². The van der Waals surface area contributed by atoms with Crippen LogP contribution >= 0.6 is 0 Å². The molecule has 2 atom stereocenters. The smallest absolute Gasteiger partial charge is 0.318 e. The van der Waals surface area contributed by atoms with Gasteiger partial charge < -0.3 is 9.80 Å². The number of halogens is 6. The van der Waals surface area contributed by atoms with Gasteiger partial charge in [-0.15, -0.1) is 0 Å². The number of fused-ring (bicyclic) bond motifs is 2. The average molecular weight is 330 g/mol. The lowest BCUT2D eigenvalue weighted by Crippen LogP contribution is -2.80. The summed E-state index contributed by atoms with van der Waals surface area (Å²) >= 11 is 0. The van der Waals surface area contributed by atoms with Crippen LogP contribution in [0.15, 0.2) is 0 Å². The monoisotopic (exact) mass is 330 g/mol. The Kier molecular flexibility index (Phi) is 2.86. The number of alkyl halides is 6. The number of carbonyl (C=O) groups is 2. The third kappa shape index (κ3) is 1.45. The Labute approximate surface area is 121 Å². The van der Waals surface area contributed by atoms with E-state index < -0.39 is 61.2 Å². The van der Waals surface area contributed by atoms with Gasteiger partial charge in [0.15, 0.2) is 0 Å². The highest BCUT2D eigenvalue weighted by Crippen LogP contribution is 2.55. The van der Waals surface area contributed by atoms with Crippen molar-refractivity contribution in [3.63, 3.8) is 0 Å². The van der Waals surface area contributed by atoms with Crippen LogP contribution in [0.4, 0.5) is 26.3 Å². The van der Waals surface area contributed by atoms with Crippen LogP contribution in [0.3, 0.4) is 0 Å². The standard InChI is InChI=1S/C12H12F6N2O2/c13-11(14,15)9-3-1-5-19(9)8(22)10(12(16,17)18)4-2-6-20(10)7(9)21/h1-6H2/t9-,10-/m0/s1. The van der Waals surface area contributed by atoms with Crippen molar-refractivity contribution >= 4 is 11.8 Å².